The summed E-state index contributed by atoms with van der Waals surface area (Å²) in [4.78, 5) is 55.4. The highest BCUT2D eigenvalue weighted by Gasteiger charge is 2.51. The van der Waals surface area contributed by atoms with Crippen LogP contribution in [0.2, 0.25) is 0 Å². The Hall–Kier alpha value is -4.05. The van der Waals surface area contributed by atoms with E-state index in [1.54, 1.807) is 17.6 Å². The number of nitrogens with zero attached hydrogens (tertiary/aromatic N) is 2. The van der Waals surface area contributed by atoms with E-state index < -0.39 is 36.0 Å². The highest BCUT2D eigenvalue weighted by molar-refractivity contribution is 5.90. The Kier molecular flexibility index (Phi) is 7.13. The molecule has 0 aliphatic carbocycles. The van der Waals surface area contributed by atoms with Gasteiger partial charge in [-0.3, -0.25) is 14.4 Å². The molecule has 0 fully saturated rings. The minimum atomic E-state index is -1.88. The number of benzene rings is 1. The van der Waals surface area contributed by atoms with Crippen molar-refractivity contribution in [1.29, 1.82) is 0 Å². The molecule has 3 aromatic rings. The van der Waals surface area contributed by atoms with Gasteiger partial charge < -0.3 is 24.5 Å². The Labute approximate surface area is 213 Å². The van der Waals surface area contributed by atoms with Crippen LogP contribution in [0.15, 0.2) is 41.2 Å². The molecule has 2 aromatic heterocycles. The normalized spacial score (nSPS) is 18.0. The zero-order valence-electron chi connectivity index (χ0n) is 21.2. The van der Waals surface area contributed by atoms with E-state index in [4.69, 9.17) is 19.6 Å². The van der Waals surface area contributed by atoms with Gasteiger partial charge >= 0.3 is 17.9 Å². The summed E-state index contributed by atoms with van der Waals surface area (Å²) in [6.45, 7) is 5.71. The lowest BCUT2D eigenvalue weighted by Crippen LogP contribution is -2.50. The van der Waals surface area contributed by atoms with Gasteiger partial charge in [-0.2, -0.15) is 0 Å². The SMILES string of the molecule is CC.CC[C@@]1(OC(=O)[C@H](CC(=O)O)NC)C(=O)OCc2c1cc1n(c2=O)Cc2cc3ccccc3nc2-1. The number of aromatic nitrogens is 2. The molecular formula is C27H29N3O7. The number of fused-ring (bicyclic) bond motifs is 5. The molecule has 2 atom stereocenters. The average Bonchev–Trinajstić information content (AvgIpc) is 3.26. The molecule has 0 saturated carbocycles. The van der Waals surface area contributed by atoms with E-state index in [1.807, 2.05) is 44.2 Å². The molecule has 37 heavy (non-hydrogen) atoms. The number of hydrogen-bond acceptors (Lipinski definition) is 8. The van der Waals surface area contributed by atoms with E-state index in [2.05, 4.69) is 5.32 Å². The number of carbonyl (C=O) groups excluding carboxylic acids is 2. The fourth-order valence-corrected chi connectivity index (χ4v) is 4.80. The third-order valence-corrected chi connectivity index (χ3v) is 6.67. The number of carbonyl (C=O) groups is 3. The summed E-state index contributed by atoms with van der Waals surface area (Å²) in [5.74, 6) is -2.93. The van der Waals surface area contributed by atoms with Gasteiger partial charge in [0.25, 0.3) is 5.56 Å². The van der Waals surface area contributed by atoms with Crippen LogP contribution in [0.4, 0.5) is 0 Å². The maximum absolute atomic E-state index is 13.5. The van der Waals surface area contributed by atoms with E-state index in [1.165, 1.54) is 7.05 Å². The van der Waals surface area contributed by atoms with Gasteiger partial charge in [0.05, 0.1) is 35.4 Å². The minimum Gasteiger partial charge on any atom is -0.481 e. The highest BCUT2D eigenvalue weighted by Crippen LogP contribution is 2.41. The van der Waals surface area contributed by atoms with E-state index >= 15 is 0 Å². The highest BCUT2D eigenvalue weighted by atomic mass is 16.6. The number of pyridine rings is 2. The summed E-state index contributed by atoms with van der Waals surface area (Å²) in [5, 5.41) is 12.7. The lowest BCUT2D eigenvalue weighted by Gasteiger charge is -2.36. The van der Waals surface area contributed by atoms with Gasteiger partial charge in [0, 0.05) is 16.5 Å². The molecule has 2 aliphatic heterocycles. The molecule has 0 unspecified atom stereocenters. The fourth-order valence-electron chi connectivity index (χ4n) is 4.80. The van der Waals surface area contributed by atoms with Crippen LogP contribution in [0.3, 0.4) is 0 Å². The lowest BCUT2D eigenvalue weighted by atomic mass is 9.85. The first-order chi connectivity index (χ1) is 17.8. The van der Waals surface area contributed by atoms with Crippen molar-refractivity contribution < 1.29 is 29.0 Å². The van der Waals surface area contributed by atoms with Crippen LogP contribution in [0.5, 0.6) is 0 Å². The zero-order chi connectivity index (χ0) is 26.9. The smallest absolute Gasteiger partial charge is 0.355 e. The number of hydrogen-bond donors (Lipinski definition) is 2. The Morgan fingerprint density at radius 3 is 2.65 bits per heavy atom. The van der Waals surface area contributed by atoms with Gasteiger partial charge in [-0.25, -0.2) is 9.78 Å². The summed E-state index contributed by atoms with van der Waals surface area (Å²) < 4.78 is 12.6. The van der Waals surface area contributed by atoms with Crippen molar-refractivity contribution in [2.24, 2.45) is 0 Å². The van der Waals surface area contributed by atoms with Crippen LogP contribution >= 0.6 is 0 Å². The molecule has 10 heteroatoms. The maximum Gasteiger partial charge on any atom is 0.355 e. The van der Waals surface area contributed by atoms with Gasteiger partial charge in [-0.15, -0.1) is 0 Å². The van der Waals surface area contributed by atoms with Crippen LogP contribution in [0, 0.1) is 0 Å². The number of esters is 2. The fraction of sp³-hybridized carbons (Fsp3) is 0.370. The van der Waals surface area contributed by atoms with Crippen LogP contribution in [0.1, 0.15) is 50.3 Å². The summed E-state index contributed by atoms with van der Waals surface area (Å²) in [6.07, 6.45) is -0.538. The lowest BCUT2D eigenvalue weighted by molar-refractivity contribution is -0.191. The Bertz CT molecular complexity index is 1460. The topological polar surface area (TPSA) is 137 Å². The number of likely N-dealkylation sites (N-methyl/N-ethyl adjacent to an activating group) is 1. The molecule has 1 aromatic carbocycles. The van der Waals surface area contributed by atoms with Crippen LogP contribution in [0.25, 0.3) is 22.3 Å². The largest absolute Gasteiger partial charge is 0.481 e. The predicted octanol–water partition coefficient (Wildman–Crippen LogP) is 2.72. The quantitative estimate of drug-likeness (QED) is 0.377. The summed E-state index contributed by atoms with van der Waals surface area (Å²) in [7, 11) is 1.42. The molecule has 2 N–H and O–H groups in total. The molecule has 0 bridgehead atoms. The Morgan fingerprint density at radius 2 is 1.97 bits per heavy atom. The third kappa shape index (κ3) is 4.27. The molecule has 194 valence electrons. The first kappa shape index (κ1) is 26.0. The third-order valence-electron chi connectivity index (χ3n) is 6.67. The maximum atomic E-state index is 13.5. The van der Waals surface area contributed by atoms with Crippen molar-refractivity contribution in [2.75, 3.05) is 7.05 Å². The number of ether oxygens (including phenoxy) is 2. The second-order valence-electron chi connectivity index (χ2n) is 8.62. The number of carboxylic acid groups (broad SMARTS) is 1. The minimum absolute atomic E-state index is 0.00498. The molecule has 0 amide bonds. The van der Waals surface area contributed by atoms with Crippen LogP contribution in [-0.4, -0.2) is 45.7 Å². The molecule has 0 spiro atoms. The van der Waals surface area contributed by atoms with Gasteiger partial charge in [0.15, 0.2) is 0 Å². The van der Waals surface area contributed by atoms with Gasteiger partial charge in [0.2, 0.25) is 5.60 Å². The number of rotatable bonds is 6. The molecule has 0 saturated heterocycles. The standard InChI is InChI=1S/C25H23N3O7.C2H6/c1-3-25(35-23(32)18(26-2)10-20(29)30)16-9-19-21-14(8-13-6-4-5-7-17(13)27-21)11-28(19)22(31)15(16)12-34-24(25)33;1-2/h4-9,18,26H,3,10-12H2,1-2H3,(H,29,30);1-2H3/t18-,25-;/m0./s1. The first-order valence-corrected chi connectivity index (χ1v) is 12.2. The summed E-state index contributed by atoms with van der Waals surface area (Å²) in [5.41, 5.74) is 1.01. The molecule has 2 aliphatic rings. The molecular weight excluding hydrogens is 478 g/mol. The van der Waals surface area contributed by atoms with Crippen LogP contribution in [-0.2, 0) is 42.6 Å². The molecule has 5 rings (SSSR count). The number of nitrogens with one attached hydrogen (secondary N) is 1. The van der Waals surface area contributed by atoms with Crippen molar-refractivity contribution in [2.45, 2.75) is 58.4 Å². The summed E-state index contributed by atoms with van der Waals surface area (Å²) in [6, 6.07) is 10.1. The van der Waals surface area contributed by atoms with E-state index in [0.29, 0.717) is 17.9 Å². The monoisotopic (exact) mass is 507 g/mol. The number of aliphatic carboxylic acids is 1. The van der Waals surface area contributed by atoms with Crippen molar-refractivity contribution in [3.05, 3.63) is 63.4 Å². The molecule has 0 radical (unpaired) electrons. The van der Waals surface area contributed by atoms with Crippen molar-refractivity contribution in [3.8, 4) is 11.4 Å². The average molecular weight is 508 g/mol. The second-order valence-corrected chi connectivity index (χ2v) is 8.62. The zero-order valence-corrected chi connectivity index (χ0v) is 21.2. The number of cyclic esters (lactones) is 1. The van der Waals surface area contributed by atoms with Gasteiger partial charge in [0.1, 0.15) is 12.6 Å². The molecule has 10 nitrogen and oxygen atoms in total. The second kappa shape index (κ2) is 10.1. The Morgan fingerprint density at radius 1 is 1.24 bits per heavy atom. The van der Waals surface area contributed by atoms with Crippen molar-refractivity contribution in [1.82, 2.24) is 14.9 Å². The first-order valence-electron chi connectivity index (χ1n) is 12.2. The summed E-state index contributed by atoms with van der Waals surface area (Å²) >= 11 is 0. The van der Waals surface area contributed by atoms with Gasteiger partial charge in [-0.1, -0.05) is 39.0 Å². The Balaban J connectivity index is 0.00000156. The predicted molar refractivity (Wildman–Crippen MR) is 135 cm³/mol. The van der Waals surface area contributed by atoms with E-state index in [-0.39, 0.29) is 29.7 Å². The number of carboxylic acids is 1. The van der Waals surface area contributed by atoms with Gasteiger partial charge in [-0.05, 0) is 31.7 Å². The van der Waals surface area contributed by atoms with Crippen LogP contribution < -0.4 is 10.9 Å². The molecule has 4 heterocycles. The number of para-hydroxylation sites is 1. The van der Waals surface area contributed by atoms with E-state index in [0.717, 1.165) is 16.5 Å². The van der Waals surface area contributed by atoms with E-state index in [9.17, 15) is 19.2 Å². The van der Waals surface area contributed by atoms with Crippen molar-refractivity contribution in [3.63, 3.8) is 0 Å². The van der Waals surface area contributed by atoms with Crippen molar-refractivity contribution >= 4 is 28.8 Å².